The summed E-state index contributed by atoms with van der Waals surface area (Å²) in [7, 11) is 0. The molecule has 1 saturated carbocycles. The molecule has 2 saturated heterocycles. The Hall–Kier alpha value is -0.880. The summed E-state index contributed by atoms with van der Waals surface area (Å²) in [6, 6.07) is 0.380. The van der Waals surface area contributed by atoms with Gasteiger partial charge in [0.15, 0.2) is 5.11 Å². The molecule has 1 amide bonds. The molecule has 0 aromatic heterocycles. The second-order valence-corrected chi connectivity index (χ2v) is 7.83. The largest absolute Gasteiger partial charge is 0.376 e. The summed E-state index contributed by atoms with van der Waals surface area (Å²) in [6.07, 6.45) is 10.5. The Morgan fingerprint density at radius 3 is 2.46 bits per heavy atom. The fourth-order valence-corrected chi connectivity index (χ4v) is 4.35. The smallest absolute Gasteiger partial charge is 0.225 e. The molecule has 136 valence electrons. The number of carbonyl (C=O) groups is 1. The average Bonchev–Trinajstić information content (AvgIpc) is 3.14. The van der Waals surface area contributed by atoms with Gasteiger partial charge in [-0.25, -0.2) is 0 Å². The number of piperidine rings is 1. The van der Waals surface area contributed by atoms with E-state index in [1.165, 1.54) is 19.3 Å². The van der Waals surface area contributed by atoms with Gasteiger partial charge in [-0.3, -0.25) is 4.79 Å². The molecule has 0 unspecified atom stereocenters. The first-order valence-corrected chi connectivity index (χ1v) is 10.1. The number of hydrogen-bond donors (Lipinski definition) is 2. The Kier molecular flexibility index (Phi) is 6.72. The lowest BCUT2D eigenvalue weighted by Crippen LogP contribution is -2.50. The molecule has 0 aromatic carbocycles. The van der Waals surface area contributed by atoms with Gasteiger partial charge in [-0.15, -0.1) is 0 Å². The third kappa shape index (κ3) is 5.06. The van der Waals surface area contributed by atoms with E-state index in [9.17, 15) is 4.79 Å². The summed E-state index contributed by atoms with van der Waals surface area (Å²) in [4.78, 5) is 14.7. The Balaban J connectivity index is 1.33. The maximum Gasteiger partial charge on any atom is 0.225 e. The molecule has 2 N–H and O–H groups in total. The maximum atomic E-state index is 12.6. The quantitative estimate of drug-likeness (QED) is 0.759. The van der Waals surface area contributed by atoms with Crippen molar-refractivity contribution in [1.29, 1.82) is 0 Å². The van der Waals surface area contributed by atoms with Crippen molar-refractivity contribution in [2.45, 2.75) is 69.9 Å². The number of nitrogens with zero attached hydrogens (tertiary/aromatic N) is 1. The minimum atomic E-state index is 0.289. The van der Waals surface area contributed by atoms with Gasteiger partial charge in [0.2, 0.25) is 5.91 Å². The van der Waals surface area contributed by atoms with Gasteiger partial charge in [0.25, 0.3) is 0 Å². The fourth-order valence-electron chi connectivity index (χ4n) is 4.10. The van der Waals surface area contributed by atoms with Crippen molar-refractivity contribution in [1.82, 2.24) is 15.5 Å². The van der Waals surface area contributed by atoms with Crippen molar-refractivity contribution in [2.75, 3.05) is 26.2 Å². The summed E-state index contributed by atoms with van der Waals surface area (Å²) < 4.78 is 5.60. The van der Waals surface area contributed by atoms with Crippen LogP contribution in [-0.2, 0) is 9.53 Å². The summed E-state index contributed by atoms with van der Waals surface area (Å²) in [6.45, 7) is 3.40. The number of likely N-dealkylation sites (tertiary alicyclic amines) is 1. The van der Waals surface area contributed by atoms with Crippen LogP contribution in [0.4, 0.5) is 0 Å². The van der Waals surface area contributed by atoms with E-state index in [0.29, 0.717) is 18.1 Å². The lowest BCUT2D eigenvalue weighted by Gasteiger charge is -2.35. The van der Waals surface area contributed by atoms with Gasteiger partial charge in [0.05, 0.1) is 6.10 Å². The second kappa shape index (κ2) is 8.99. The minimum Gasteiger partial charge on any atom is -0.376 e. The molecule has 3 fully saturated rings. The highest BCUT2D eigenvalue weighted by molar-refractivity contribution is 7.80. The monoisotopic (exact) mass is 353 g/mol. The zero-order valence-corrected chi connectivity index (χ0v) is 15.4. The number of rotatable bonds is 4. The Labute approximate surface area is 150 Å². The second-order valence-electron chi connectivity index (χ2n) is 7.42. The molecule has 1 atom stereocenters. The molecule has 0 spiro atoms. The molecule has 6 heteroatoms. The molecule has 24 heavy (non-hydrogen) atoms. The van der Waals surface area contributed by atoms with Crippen molar-refractivity contribution < 1.29 is 9.53 Å². The van der Waals surface area contributed by atoms with Crippen molar-refractivity contribution >= 4 is 23.2 Å². The number of ether oxygens (including phenoxy) is 1. The molecular formula is C18H31N3O2S. The molecule has 2 heterocycles. The van der Waals surface area contributed by atoms with E-state index in [0.717, 1.165) is 69.9 Å². The number of nitrogens with one attached hydrogen (secondary N) is 2. The van der Waals surface area contributed by atoms with Crippen LogP contribution in [-0.4, -0.2) is 54.3 Å². The number of amides is 1. The average molecular weight is 354 g/mol. The summed E-state index contributed by atoms with van der Waals surface area (Å²) >= 11 is 5.39. The van der Waals surface area contributed by atoms with E-state index in [1.54, 1.807) is 0 Å². The van der Waals surface area contributed by atoms with Crippen LogP contribution in [0.1, 0.15) is 57.8 Å². The van der Waals surface area contributed by atoms with Crippen LogP contribution in [0.2, 0.25) is 0 Å². The van der Waals surface area contributed by atoms with Crippen molar-refractivity contribution in [3.63, 3.8) is 0 Å². The predicted molar refractivity (Wildman–Crippen MR) is 98.9 cm³/mol. The van der Waals surface area contributed by atoms with Crippen LogP contribution in [0.25, 0.3) is 0 Å². The van der Waals surface area contributed by atoms with E-state index < -0.39 is 0 Å². The van der Waals surface area contributed by atoms with Gasteiger partial charge >= 0.3 is 0 Å². The Morgan fingerprint density at radius 2 is 1.79 bits per heavy atom. The van der Waals surface area contributed by atoms with Gasteiger partial charge in [0.1, 0.15) is 0 Å². The molecule has 3 rings (SSSR count). The Morgan fingerprint density at radius 1 is 1.04 bits per heavy atom. The number of hydrogen-bond acceptors (Lipinski definition) is 3. The molecule has 2 aliphatic heterocycles. The van der Waals surface area contributed by atoms with Crippen LogP contribution in [0.3, 0.4) is 0 Å². The first-order valence-electron chi connectivity index (χ1n) is 9.67. The van der Waals surface area contributed by atoms with Crippen LogP contribution >= 0.6 is 12.2 Å². The highest BCUT2D eigenvalue weighted by atomic mass is 32.1. The molecule has 0 radical (unpaired) electrons. The SMILES string of the molecule is O=C(C1CCCCC1)N1CCC(NC(=S)NC[C@@H]2CCCO2)CC1. The molecule has 3 aliphatic rings. The summed E-state index contributed by atoms with van der Waals surface area (Å²) in [5.74, 6) is 0.685. The molecule has 5 nitrogen and oxygen atoms in total. The van der Waals surface area contributed by atoms with E-state index in [2.05, 4.69) is 15.5 Å². The van der Waals surface area contributed by atoms with Crippen LogP contribution < -0.4 is 10.6 Å². The van der Waals surface area contributed by atoms with Gasteiger partial charge < -0.3 is 20.3 Å². The third-order valence-corrected chi connectivity index (χ3v) is 5.87. The lowest BCUT2D eigenvalue weighted by atomic mass is 9.87. The van der Waals surface area contributed by atoms with E-state index >= 15 is 0 Å². The normalized spacial score (nSPS) is 26.3. The van der Waals surface area contributed by atoms with Crippen molar-refractivity contribution in [3.05, 3.63) is 0 Å². The molecule has 0 aromatic rings. The van der Waals surface area contributed by atoms with Crippen molar-refractivity contribution in [3.8, 4) is 0 Å². The van der Waals surface area contributed by atoms with Gasteiger partial charge in [-0.05, 0) is 50.7 Å². The van der Waals surface area contributed by atoms with E-state index in [4.69, 9.17) is 17.0 Å². The van der Waals surface area contributed by atoms with Crippen molar-refractivity contribution in [2.24, 2.45) is 5.92 Å². The number of carbonyl (C=O) groups excluding carboxylic acids is 1. The standard InChI is InChI=1S/C18H31N3O2S/c22-17(14-5-2-1-3-6-14)21-10-8-15(9-11-21)20-18(24)19-13-16-7-4-12-23-16/h14-16H,1-13H2,(H2,19,20,24)/t16-/m0/s1. The molecule has 1 aliphatic carbocycles. The zero-order chi connectivity index (χ0) is 16.8. The van der Waals surface area contributed by atoms with Gasteiger partial charge in [-0.2, -0.15) is 0 Å². The van der Waals surface area contributed by atoms with Gasteiger partial charge in [-0.1, -0.05) is 19.3 Å². The first-order chi connectivity index (χ1) is 11.7. The molecule has 0 bridgehead atoms. The predicted octanol–water partition coefficient (Wildman–Crippen LogP) is 2.20. The van der Waals surface area contributed by atoms with E-state index in [1.807, 2.05) is 0 Å². The maximum absolute atomic E-state index is 12.6. The zero-order valence-electron chi connectivity index (χ0n) is 14.6. The van der Waals surface area contributed by atoms with E-state index in [-0.39, 0.29) is 5.92 Å². The van der Waals surface area contributed by atoms with Gasteiger partial charge in [0, 0.05) is 38.2 Å². The highest BCUT2D eigenvalue weighted by Gasteiger charge is 2.29. The minimum absolute atomic E-state index is 0.289. The first kappa shape index (κ1) is 17.9. The fraction of sp³-hybridized carbons (Fsp3) is 0.889. The topological polar surface area (TPSA) is 53.6 Å². The number of thiocarbonyl (C=S) groups is 1. The highest BCUT2D eigenvalue weighted by Crippen LogP contribution is 2.26. The molecular weight excluding hydrogens is 322 g/mol. The van der Waals surface area contributed by atoms with Crippen LogP contribution in [0.5, 0.6) is 0 Å². The summed E-state index contributed by atoms with van der Waals surface area (Å²) in [5, 5.41) is 7.41. The lowest BCUT2D eigenvalue weighted by molar-refractivity contribution is -0.137. The summed E-state index contributed by atoms with van der Waals surface area (Å²) in [5.41, 5.74) is 0. The van der Waals surface area contributed by atoms with Crippen LogP contribution in [0, 0.1) is 5.92 Å². The third-order valence-electron chi connectivity index (χ3n) is 5.61. The Bertz CT molecular complexity index is 426. The van der Waals surface area contributed by atoms with Crippen LogP contribution in [0.15, 0.2) is 0 Å².